The largest absolute Gasteiger partial charge is 0.466 e. The molecule has 9 aliphatic rings. The second-order valence-corrected chi connectivity index (χ2v) is 32.4. The van der Waals surface area contributed by atoms with E-state index in [2.05, 4.69) is 102 Å². The Morgan fingerprint density at radius 1 is 0.530 bits per heavy atom. The zero-order valence-electron chi connectivity index (χ0n) is 53.8. The molecule has 0 heterocycles. The van der Waals surface area contributed by atoms with E-state index in [-0.39, 0.29) is 57.0 Å². The van der Waals surface area contributed by atoms with E-state index in [4.69, 9.17) is 24.7 Å². The number of esters is 2. The molecule has 0 saturated heterocycles. The van der Waals surface area contributed by atoms with E-state index in [1.54, 1.807) is 0 Å². The average Bonchev–Trinajstić information content (AvgIpc) is 2.11. The molecule has 1 N–H and O–H groups in total. The summed E-state index contributed by atoms with van der Waals surface area (Å²) in [6, 6.07) is 0. The lowest BCUT2D eigenvalue weighted by atomic mass is 9.49. The van der Waals surface area contributed by atoms with Gasteiger partial charge in [0.05, 0.1) is 26.1 Å². The van der Waals surface area contributed by atoms with Crippen molar-refractivity contribution in [3.05, 3.63) is 57.3 Å². The fourth-order valence-corrected chi connectivity index (χ4v) is 21.3. The van der Waals surface area contributed by atoms with Crippen LogP contribution in [0.2, 0.25) is 0 Å². The first-order valence-corrected chi connectivity index (χ1v) is 34.6. The Bertz CT molecular complexity index is 2560. The van der Waals surface area contributed by atoms with Crippen LogP contribution in [0.5, 0.6) is 0 Å². The quantitative estimate of drug-likeness (QED) is 0.0415. The van der Waals surface area contributed by atoms with Crippen molar-refractivity contribution >= 4 is 22.1 Å². The number of hydrogen-bond acceptors (Lipinski definition) is 10. The number of ether oxygens (including phenoxy) is 2. The minimum absolute atomic E-state index is 0.0126. The van der Waals surface area contributed by atoms with Gasteiger partial charge in [-0.1, -0.05) is 128 Å². The summed E-state index contributed by atoms with van der Waals surface area (Å²) in [4.78, 5) is 29.2. The summed E-state index contributed by atoms with van der Waals surface area (Å²) in [6.07, 6.45) is 25.1. The highest BCUT2D eigenvalue weighted by Crippen LogP contribution is 2.67. The molecule has 9 saturated carbocycles. The molecule has 0 radical (unpaired) electrons. The molecule has 0 amide bonds. The highest BCUT2D eigenvalue weighted by atomic mass is 32.2. The summed E-state index contributed by atoms with van der Waals surface area (Å²) >= 11 is 0. The van der Waals surface area contributed by atoms with Crippen LogP contribution in [0.15, 0.2) is 46.7 Å². The Kier molecular flexibility index (Phi) is 21.8. The summed E-state index contributed by atoms with van der Waals surface area (Å²) < 4.78 is 40.2. The maximum atomic E-state index is 11.9. The van der Waals surface area contributed by atoms with Crippen LogP contribution in [0.25, 0.3) is 20.9 Å². The monoisotopic (exact) mass is 1170 g/mol. The van der Waals surface area contributed by atoms with Crippen LogP contribution in [0.4, 0.5) is 0 Å². The van der Waals surface area contributed by atoms with Crippen molar-refractivity contribution in [3.63, 3.8) is 0 Å². The lowest BCUT2D eigenvalue weighted by Gasteiger charge is -2.56. The van der Waals surface area contributed by atoms with Crippen LogP contribution in [0.3, 0.4) is 0 Å². The summed E-state index contributed by atoms with van der Waals surface area (Å²) in [5.41, 5.74) is 22.9. The van der Waals surface area contributed by atoms with E-state index in [0.29, 0.717) is 116 Å². The van der Waals surface area contributed by atoms with E-state index < -0.39 is 10.1 Å². The third-order valence-corrected chi connectivity index (χ3v) is 27.0. The molecule has 15 heteroatoms. The second-order valence-electron chi connectivity index (χ2n) is 30.8. The lowest BCUT2D eigenvalue weighted by Crippen LogP contribution is -2.51. The molecule has 0 aliphatic heterocycles. The van der Waals surface area contributed by atoms with Crippen molar-refractivity contribution in [1.82, 2.24) is 0 Å². The van der Waals surface area contributed by atoms with Gasteiger partial charge >= 0.3 is 11.9 Å². The van der Waals surface area contributed by atoms with E-state index in [1.165, 1.54) is 88.4 Å². The molecule has 6 unspecified atom stereocenters. The number of carbonyl (C=O) groups excluding carboxylic acids is 2. The van der Waals surface area contributed by atoms with E-state index in [0.717, 1.165) is 83.3 Å². The zero-order valence-corrected chi connectivity index (χ0v) is 54.6. The highest BCUT2D eigenvalue weighted by Gasteiger charge is 2.60. The molecule has 9 aliphatic carbocycles. The maximum Gasteiger partial charge on any atom is 0.302 e. The van der Waals surface area contributed by atoms with Gasteiger partial charge in [-0.15, -0.1) is 0 Å². The van der Waals surface area contributed by atoms with Gasteiger partial charge in [-0.25, -0.2) is 0 Å². The zero-order chi connectivity index (χ0) is 61.1. The first-order chi connectivity index (χ1) is 38.9. The molecular weight excluding hydrogens is 1060 g/mol. The molecule has 0 spiro atoms. The normalized spacial score (nSPS) is 44.0. The number of allylic oxidation sites excluding steroid dienone is 3. The minimum Gasteiger partial charge on any atom is -0.466 e. The predicted molar refractivity (Wildman–Crippen MR) is 332 cm³/mol. The van der Waals surface area contributed by atoms with Gasteiger partial charge in [-0.3, -0.25) is 13.8 Å². The van der Waals surface area contributed by atoms with Gasteiger partial charge < -0.3 is 14.6 Å². The highest BCUT2D eigenvalue weighted by molar-refractivity contribution is 7.85. The van der Waals surface area contributed by atoms with Crippen LogP contribution in [0, 0.1) is 121 Å². The number of fused-ring (bicyclic) bond motifs is 3. The molecule has 0 aromatic carbocycles. The third-order valence-electron chi connectivity index (χ3n) is 26.5. The van der Waals surface area contributed by atoms with Gasteiger partial charge in [0.1, 0.15) is 0 Å². The summed E-state index contributed by atoms with van der Waals surface area (Å²) in [5.74, 6) is 6.59. The van der Waals surface area contributed by atoms with Crippen LogP contribution < -0.4 is 0 Å². The molecule has 83 heavy (non-hydrogen) atoms. The molecule has 21 atom stereocenters. The lowest BCUT2D eigenvalue weighted by molar-refractivity contribution is -0.149. The second kappa shape index (κ2) is 27.0. The number of hydrogen-bond donors (Lipinski definition) is 1. The number of carbonyl (C=O) groups is 2. The van der Waals surface area contributed by atoms with Crippen LogP contribution >= 0.6 is 0 Å². The Morgan fingerprint density at radius 3 is 1.18 bits per heavy atom. The van der Waals surface area contributed by atoms with E-state index in [1.807, 2.05) is 0 Å². The molecule has 0 bridgehead atoms. The molecular formula is C68H112N6O8S. The Morgan fingerprint density at radius 2 is 0.855 bits per heavy atom. The minimum atomic E-state index is -3.50. The fourth-order valence-electron chi connectivity index (χ4n) is 20.8. The van der Waals surface area contributed by atoms with Gasteiger partial charge in [-0.05, 0) is 248 Å². The summed E-state index contributed by atoms with van der Waals surface area (Å²) in [6.45, 7) is 40.0. The molecule has 9 rings (SSSR count). The van der Waals surface area contributed by atoms with Crippen molar-refractivity contribution in [2.45, 2.75) is 211 Å². The van der Waals surface area contributed by atoms with E-state index in [9.17, 15) is 23.1 Å². The third kappa shape index (κ3) is 14.0. The Balaban J connectivity index is 0.000000180. The van der Waals surface area contributed by atoms with Crippen molar-refractivity contribution < 1.29 is 36.8 Å². The van der Waals surface area contributed by atoms with Gasteiger partial charge in [0.25, 0.3) is 10.1 Å². The van der Waals surface area contributed by atoms with Crippen molar-refractivity contribution in [1.29, 1.82) is 0 Å². The van der Waals surface area contributed by atoms with E-state index >= 15 is 0 Å². The van der Waals surface area contributed by atoms with Crippen molar-refractivity contribution in [3.8, 4) is 0 Å². The number of aliphatic hydroxyl groups excluding tert-OH is 1. The topological polar surface area (TPSA) is 214 Å². The van der Waals surface area contributed by atoms with Crippen LogP contribution in [-0.4, -0.2) is 71.2 Å². The molecule has 468 valence electrons. The number of aliphatic hydroxyl groups is 1. The smallest absolute Gasteiger partial charge is 0.302 e. The predicted octanol–water partition coefficient (Wildman–Crippen LogP) is 17.0. The maximum absolute atomic E-state index is 11.9. The van der Waals surface area contributed by atoms with Crippen LogP contribution in [-0.2, 0) is 33.4 Å². The first kappa shape index (κ1) is 67.2. The Hall–Kier alpha value is -3.35. The van der Waals surface area contributed by atoms with Gasteiger partial charge in [0.15, 0.2) is 0 Å². The first-order valence-electron chi connectivity index (χ1n) is 32.7. The SMILES string of the molecule is C=C1CCC2[C@H](CN=[N+]=[N-])C([C@@]3(C)CC[C@H](C)C[C@@H]3CO)CC[C@]12C.C=C1CCC2[C@H](CN=[N+]=[N-])C([C@@]3(C)CC[C@H](C)C[C@@H]3COC(C)=O)CC[C@]12C.C=C1CCC2[C@H](COS(C)(=O)=O)C([C@@]3(C)CC[C@H](C)C[C@@H]3COC(C)=O)CC[C@]12C. The summed E-state index contributed by atoms with van der Waals surface area (Å²) in [7, 11) is -3.50. The molecule has 9 fully saturated rings. The van der Waals surface area contributed by atoms with Gasteiger partial charge in [0, 0.05) is 43.4 Å². The van der Waals surface area contributed by atoms with Crippen LogP contribution in [0.1, 0.15) is 211 Å². The number of rotatable bonds is 15. The number of nitrogens with zero attached hydrogens (tertiary/aromatic N) is 6. The Labute approximate surface area is 502 Å². The molecule has 14 nitrogen and oxygen atoms in total. The van der Waals surface area contributed by atoms with Crippen molar-refractivity contribution in [2.75, 3.05) is 45.8 Å². The van der Waals surface area contributed by atoms with Gasteiger partial charge in [0.2, 0.25) is 0 Å². The average molecular weight is 1170 g/mol. The standard InChI is InChI=1S/C24H40O5S.C23H37N3O2.C21H35N3O/c1-16-9-11-24(5,19(13-16)14-28-18(3)25)22-10-12-23(4)17(2)7-8-21(23)20(22)15-29-30(6,26)27;1-15-8-10-23(5,18(12-15)14-28-17(3)27)21-9-11-22(4)16(2)6-7-20(22)19(21)13-25-26-24;1-14-7-9-21(4,16(11-14)13-25)19-8-10-20(3)15(2)5-6-18(20)17(19)12-23-24-22/h16,19-22H,2,7-15H2,1,3-6H3;15,18-21H,2,6-14H2,1,3-5H3;14,16-19,25H,2,5-13H2,1,3-4H3/t16-,19+,20-,21?,22?,23+,24-;15-,18+,19-,20?,21?,22+,23-;14-,16+,17-,18?,19?,20+,21-/m000/s1. The summed E-state index contributed by atoms with van der Waals surface area (Å²) in [5, 5.41) is 18.2. The molecule has 0 aromatic rings. The molecule has 0 aromatic heterocycles. The fraction of sp³-hybridized carbons (Fsp3) is 0.882. The number of azide groups is 2. The van der Waals surface area contributed by atoms with Gasteiger partial charge in [-0.2, -0.15) is 8.42 Å². The van der Waals surface area contributed by atoms with Crippen molar-refractivity contribution in [2.24, 2.45) is 131 Å².